The van der Waals surface area contributed by atoms with E-state index < -0.39 is 0 Å². The topological polar surface area (TPSA) is 70.1 Å². The van der Waals surface area contributed by atoms with Gasteiger partial charge in [0.05, 0.1) is 27.8 Å². The summed E-state index contributed by atoms with van der Waals surface area (Å²) in [4.78, 5) is 27.0. The first kappa shape index (κ1) is 17.7. The van der Waals surface area contributed by atoms with Crippen molar-refractivity contribution in [3.8, 4) is 5.69 Å². The third kappa shape index (κ3) is 3.46. The molecule has 2 N–H and O–H groups in total. The molecule has 0 radical (unpaired) electrons. The minimum Gasteiger partial charge on any atom is -0.320 e. The van der Waals surface area contributed by atoms with Gasteiger partial charge in [-0.15, -0.1) is 0 Å². The van der Waals surface area contributed by atoms with Gasteiger partial charge in [0.1, 0.15) is 0 Å². The van der Waals surface area contributed by atoms with Crippen molar-refractivity contribution in [1.29, 1.82) is 0 Å². The molecule has 0 aliphatic carbocycles. The van der Waals surface area contributed by atoms with E-state index >= 15 is 0 Å². The SMILES string of the molecule is O=C(Nc1ccc(Cl)c(Cl)c1)N1CCc2[nH]n(-c3ccccc3)c(=O)c2C1. The number of aromatic nitrogens is 2. The van der Waals surface area contributed by atoms with Crippen LogP contribution in [-0.2, 0) is 13.0 Å². The van der Waals surface area contributed by atoms with Crippen LogP contribution in [0.3, 0.4) is 0 Å². The van der Waals surface area contributed by atoms with Gasteiger partial charge in [-0.1, -0.05) is 41.4 Å². The third-order valence-corrected chi connectivity index (χ3v) is 5.26. The summed E-state index contributed by atoms with van der Waals surface area (Å²) in [7, 11) is 0. The van der Waals surface area contributed by atoms with E-state index in [1.165, 1.54) is 4.68 Å². The van der Waals surface area contributed by atoms with Crippen molar-refractivity contribution in [1.82, 2.24) is 14.7 Å². The van der Waals surface area contributed by atoms with Crippen LogP contribution in [0.15, 0.2) is 53.3 Å². The smallest absolute Gasteiger partial charge is 0.320 e. The lowest BCUT2D eigenvalue weighted by Gasteiger charge is -2.26. The molecule has 0 fully saturated rings. The molecule has 2 amide bonds. The number of fused-ring (bicyclic) bond motifs is 1. The Morgan fingerprint density at radius 1 is 1.07 bits per heavy atom. The van der Waals surface area contributed by atoms with Crippen LogP contribution < -0.4 is 10.9 Å². The fourth-order valence-corrected chi connectivity index (χ4v) is 3.41. The van der Waals surface area contributed by atoms with Gasteiger partial charge in [-0.2, -0.15) is 0 Å². The van der Waals surface area contributed by atoms with Crippen LogP contribution in [0.5, 0.6) is 0 Å². The molecule has 1 aliphatic rings. The summed E-state index contributed by atoms with van der Waals surface area (Å²) in [6.45, 7) is 0.757. The molecule has 8 heteroatoms. The minimum atomic E-state index is -0.286. The first-order valence-corrected chi connectivity index (χ1v) is 9.17. The van der Waals surface area contributed by atoms with Crippen LogP contribution in [0, 0.1) is 0 Å². The Labute approximate surface area is 165 Å². The van der Waals surface area contributed by atoms with Crippen molar-refractivity contribution in [2.24, 2.45) is 0 Å². The Balaban J connectivity index is 1.54. The maximum atomic E-state index is 12.8. The molecule has 0 saturated carbocycles. The second-order valence-corrected chi connectivity index (χ2v) is 7.09. The third-order valence-electron chi connectivity index (χ3n) is 4.53. The number of amides is 2. The van der Waals surface area contributed by atoms with Gasteiger partial charge < -0.3 is 10.2 Å². The molecule has 0 unspecified atom stereocenters. The number of hydrogen-bond acceptors (Lipinski definition) is 2. The van der Waals surface area contributed by atoms with Gasteiger partial charge in [0.25, 0.3) is 5.56 Å². The summed E-state index contributed by atoms with van der Waals surface area (Å²) in [6, 6.07) is 14.0. The Hall–Kier alpha value is -2.70. The number of aromatic amines is 1. The summed E-state index contributed by atoms with van der Waals surface area (Å²) in [6.07, 6.45) is 0.583. The van der Waals surface area contributed by atoms with Crippen LogP contribution in [0.1, 0.15) is 11.3 Å². The van der Waals surface area contributed by atoms with E-state index in [1.54, 1.807) is 23.1 Å². The zero-order valence-electron chi connectivity index (χ0n) is 14.2. The number of nitrogens with one attached hydrogen (secondary N) is 2. The quantitative estimate of drug-likeness (QED) is 0.678. The number of carbonyl (C=O) groups excluding carboxylic acids is 1. The van der Waals surface area contributed by atoms with Crippen LogP contribution in [0.4, 0.5) is 10.5 Å². The van der Waals surface area contributed by atoms with Gasteiger partial charge in [0.2, 0.25) is 0 Å². The molecule has 3 aromatic rings. The highest BCUT2D eigenvalue weighted by Gasteiger charge is 2.26. The predicted octanol–water partition coefficient (Wildman–Crippen LogP) is 4.06. The molecular formula is C19H16Cl2N4O2. The second-order valence-electron chi connectivity index (χ2n) is 6.28. The number of urea groups is 1. The lowest BCUT2D eigenvalue weighted by Crippen LogP contribution is -2.40. The Kier molecular flexibility index (Phi) is 4.68. The zero-order valence-corrected chi connectivity index (χ0v) is 15.7. The molecular weight excluding hydrogens is 387 g/mol. The Bertz CT molecular complexity index is 1060. The average molecular weight is 403 g/mol. The number of anilines is 1. The van der Waals surface area contributed by atoms with Crippen LogP contribution in [0.25, 0.3) is 5.69 Å². The number of carbonyl (C=O) groups is 1. The fraction of sp³-hybridized carbons (Fsp3) is 0.158. The molecule has 4 rings (SSSR count). The van der Waals surface area contributed by atoms with Gasteiger partial charge in [-0.25, -0.2) is 9.48 Å². The lowest BCUT2D eigenvalue weighted by molar-refractivity contribution is 0.206. The van der Waals surface area contributed by atoms with Crippen molar-refractivity contribution in [2.75, 3.05) is 11.9 Å². The lowest BCUT2D eigenvalue weighted by atomic mass is 10.1. The van der Waals surface area contributed by atoms with Gasteiger partial charge in [0.15, 0.2) is 0 Å². The van der Waals surface area contributed by atoms with E-state index in [9.17, 15) is 9.59 Å². The Morgan fingerprint density at radius 3 is 2.59 bits per heavy atom. The number of nitrogens with zero attached hydrogens (tertiary/aromatic N) is 2. The first-order valence-electron chi connectivity index (χ1n) is 8.42. The van der Waals surface area contributed by atoms with E-state index in [0.29, 0.717) is 34.3 Å². The standard InChI is InChI=1S/C19H16Cl2N4O2/c20-15-7-6-12(10-16(15)21)22-19(27)24-9-8-17-14(11-24)18(26)25(23-17)13-4-2-1-3-5-13/h1-7,10,23H,8-9,11H2,(H,22,27). The van der Waals surface area contributed by atoms with E-state index in [1.807, 2.05) is 30.3 Å². The molecule has 138 valence electrons. The highest BCUT2D eigenvalue weighted by atomic mass is 35.5. The van der Waals surface area contributed by atoms with Gasteiger partial charge in [-0.3, -0.25) is 9.89 Å². The largest absolute Gasteiger partial charge is 0.322 e. The summed E-state index contributed by atoms with van der Waals surface area (Å²) >= 11 is 11.9. The fourth-order valence-electron chi connectivity index (χ4n) is 3.11. The number of hydrogen-bond donors (Lipinski definition) is 2. The number of H-pyrrole nitrogens is 1. The highest BCUT2D eigenvalue weighted by molar-refractivity contribution is 6.42. The molecule has 0 saturated heterocycles. The maximum Gasteiger partial charge on any atom is 0.322 e. The molecule has 0 atom stereocenters. The van der Waals surface area contributed by atoms with E-state index in [-0.39, 0.29) is 18.1 Å². The van der Waals surface area contributed by atoms with Crippen LogP contribution in [0.2, 0.25) is 10.0 Å². The monoisotopic (exact) mass is 402 g/mol. The second kappa shape index (κ2) is 7.13. The van der Waals surface area contributed by atoms with Crippen molar-refractivity contribution in [3.05, 3.63) is 80.2 Å². The van der Waals surface area contributed by atoms with Crippen molar-refractivity contribution in [2.45, 2.75) is 13.0 Å². The summed E-state index contributed by atoms with van der Waals surface area (Å²) in [5.41, 5.74) is 2.65. The minimum absolute atomic E-state index is 0.136. The van der Waals surface area contributed by atoms with Crippen LogP contribution >= 0.6 is 23.2 Å². The normalized spacial score (nSPS) is 13.3. The average Bonchev–Trinajstić information content (AvgIpc) is 3.01. The molecule has 27 heavy (non-hydrogen) atoms. The highest BCUT2D eigenvalue weighted by Crippen LogP contribution is 2.25. The van der Waals surface area contributed by atoms with Gasteiger partial charge in [0, 0.05) is 24.3 Å². The number of halogens is 2. The predicted molar refractivity (Wildman–Crippen MR) is 106 cm³/mol. The summed E-state index contributed by atoms with van der Waals surface area (Å²) in [5, 5.41) is 6.74. The molecule has 1 aromatic heterocycles. The molecule has 2 aromatic carbocycles. The van der Waals surface area contributed by atoms with E-state index in [0.717, 1.165) is 11.4 Å². The number of benzene rings is 2. The molecule has 2 heterocycles. The van der Waals surface area contributed by atoms with Crippen molar-refractivity contribution < 1.29 is 4.79 Å². The van der Waals surface area contributed by atoms with Gasteiger partial charge in [-0.05, 0) is 30.3 Å². The van der Waals surface area contributed by atoms with Crippen molar-refractivity contribution in [3.63, 3.8) is 0 Å². The Morgan fingerprint density at radius 2 is 1.85 bits per heavy atom. The maximum absolute atomic E-state index is 12.8. The number of rotatable bonds is 2. The molecule has 0 spiro atoms. The molecule has 0 bridgehead atoms. The van der Waals surface area contributed by atoms with Gasteiger partial charge >= 0.3 is 6.03 Å². The van der Waals surface area contributed by atoms with Crippen LogP contribution in [-0.4, -0.2) is 27.3 Å². The first-order chi connectivity index (χ1) is 13.0. The van der Waals surface area contributed by atoms with E-state index in [4.69, 9.17) is 23.2 Å². The summed E-state index contributed by atoms with van der Waals surface area (Å²) < 4.78 is 1.52. The molecule has 1 aliphatic heterocycles. The number of para-hydroxylation sites is 1. The summed E-state index contributed by atoms with van der Waals surface area (Å²) in [5.74, 6) is 0. The zero-order chi connectivity index (χ0) is 19.0. The van der Waals surface area contributed by atoms with Crippen molar-refractivity contribution >= 4 is 34.9 Å². The van der Waals surface area contributed by atoms with E-state index in [2.05, 4.69) is 10.4 Å². The molecule has 6 nitrogen and oxygen atoms in total.